The molecule has 0 amide bonds. The molecule has 6 rings (SSSR count). The Morgan fingerprint density at radius 2 is 1.68 bits per heavy atom. The number of benzene rings is 1. The van der Waals surface area contributed by atoms with E-state index in [1.807, 2.05) is 0 Å². The van der Waals surface area contributed by atoms with Crippen molar-refractivity contribution in [2.24, 2.45) is 28.6 Å². The molecule has 3 saturated carbocycles. The summed E-state index contributed by atoms with van der Waals surface area (Å²) in [5.41, 5.74) is 5.88. The van der Waals surface area contributed by atoms with E-state index in [2.05, 4.69) is 45.0 Å². The zero-order valence-electron chi connectivity index (χ0n) is 24.1. The highest BCUT2D eigenvalue weighted by atomic mass is 16.7. The summed E-state index contributed by atoms with van der Waals surface area (Å²) < 4.78 is 18.5. The molecule has 5 heteroatoms. The van der Waals surface area contributed by atoms with E-state index in [1.54, 1.807) is 25.0 Å². The van der Waals surface area contributed by atoms with Crippen LogP contribution in [0, 0.1) is 28.6 Å². The average Bonchev–Trinajstić information content (AvgIpc) is 3.18. The monoisotopic (exact) mass is 524 g/mol. The summed E-state index contributed by atoms with van der Waals surface area (Å²) in [6.45, 7) is 12.1. The minimum Gasteiger partial charge on any atom is -0.393 e. The minimum absolute atomic E-state index is 0.0218. The van der Waals surface area contributed by atoms with Crippen LogP contribution in [0.4, 0.5) is 0 Å². The highest BCUT2D eigenvalue weighted by molar-refractivity contribution is 5.41. The van der Waals surface area contributed by atoms with E-state index in [9.17, 15) is 10.2 Å². The highest BCUT2D eigenvalue weighted by Gasteiger charge is 2.57. The van der Waals surface area contributed by atoms with Crippen molar-refractivity contribution in [2.75, 3.05) is 13.2 Å². The van der Waals surface area contributed by atoms with Crippen molar-refractivity contribution in [3.63, 3.8) is 0 Å². The van der Waals surface area contributed by atoms with E-state index in [-0.39, 0.29) is 16.9 Å². The summed E-state index contributed by atoms with van der Waals surface area (Å²) in [5, 5.41) is 21.1. The zero-order valence-corrected chi connectivity index (χ0v) is 24.1. The molecule has 0 bridgehead atoms. The molecule has 0 aromatic heterocycles. The molecule has 1 saturated heterocycles. The number of aliphatic hydroxyl groups excluding tert-OH is 1. The first-order valence-electron chi connectivity index (χ1n) is 15.0. The van der Waals surface area contributed by atoms with Gasteiger partial charge in [-0.15, -0.1) is 0 Å². The Bertz CT molecular complexity index is 1060. The van der Waals surface area contributed by atoms with Gasteiger partial charge in [0.1, 0.15) is 0 Å². The number of hydrogen-bond donors (Lipinski definition) is 2. The summed E-state index contributed by atoms with van der Waals surface area (Å²) in [6.07, 6.45) is 8.33. The van der Waals surface area contributed by atoms with Gasteiger partial charge in [-0.25, -0.2) is 0 Å². The molecule has 6 atom stereocenters. The second kappa shape index (κ2) is 9.41. The molecule has 5 nitrogen and oxygen atoms in total. The van der Waals surface area contributed by atoms with Gasteiger partial charge in [-0.05, 0) is 86.7 Å². The van der Waals surface area contributed by atoms with Crippen LogP contribution < -0.4 is 0 Å². The topological polar surface area (TPSA) is 68.2 Å². The molecule has 4 fully saturated rings. The van der Waals surface area contributed by atoms with Crippen LogP contribution in [0.25, 0.3) is 0 Å². The summed E-state index contributed by atoms with van der Waals surface area (Å²) >= 11 is 0. The van der Waals surface area contributed by atoms with Crippen molar-refractivity contribution in [1.29, 1.82) is 0 Å². The summed E-state index contributed by atoms with van der Waals surface area (Å²) in [7, 11) is 0. The van der Waals surface area contributed by atoms with Gasteiger partial charge in [-0.3, -0.25) is 0 Å². The fourth-order valence-electron chi connectivity index (χ4n) is 8.61. The number of aliphatic hydroxyl groups is 2. The van der Waals surface area contributed by atoms with Gasteiger partial charge in [0, 0.05) is 24.2 Å². The Balaban J connectivity index is 1.32. The Morgan fingerprint density at radius 1 is 0.974 bits per heavy atom. The second-order valence-electron chi connectivity index (χ2n) is 14.7. The fraction of sp³-hybridized carbons (Fsp3) is 0.758. The number of hydrogen-bond acceptors (Lipinski definition) is 5. The lowest BCUT2D eigenvalue weighted by Gasteiger charge is -2.55. The molecular formula is C33H48O5. The quantitative estimate of drug-likeness (QED) is 0.349. The molecule has 1 heterocycles. The van der Waals surface area contributed by atoms with Crippen LogP contribution >= 0.6 is 0 Å². The Hall–Kier alpha value is -1.24. The second-order valence-corrected chi connectivity index (χ2v) is 14.7. The van der Waals surface area contributed by atoms with Crippen molar-refractivity contribution >= 4 is 0 Å². The van der Waals surface area contributed by atoms with E-state index in [0.717, 1.165) is 57.3 Å². The van der Waals surface area contributed by atoms with E-state index in [4.69, 9.17) is 14.2 Å². The average molecular weight is 525 g/mol. The lowest BCUT2D eigenvalue weighted by atomic mass is 9.52. The third-order valence-electron chi connectivity index (χ3n) is 10.7. The molecule has 2 N–H and O–H groups in total. The first-order chi connectivity index (χ1) is 17.9. The maximum atomic E-state index is 11.2. The molecule has 0 radical (unpaired) electrons. The van der Waals surface area contributed by atoms with Crippen molar-refractivity contribution < 1.29 is 24.4 Å². The Kier molecular flexibility index (Phi) is 6.68. The number of ether oxygens (including phenoxy) is 3. The van der Waals surface area contributed by atoms with Crippen LogP contribution in [0.1, 0.15) is 103 Å². The van der Waals surface area contributed by atoms with Gasteiger partial charge < -0.3 is 24.4 Å². The van der Waals surface area contributed by atoms with Gasteiger partial charge in [-0.2, -0.15) is 0 Å². The van der Waals surface area contributed by atoms with Crippen molar-refractivity contribution in [3.05, 3.63) is 46.5 Å². The van der Waals surface area contributed by atoms with Crippen LogP contribution in [0.3, 0.4) is 0 Å². The lowest BCUT2D eigenvalue weighted by Crippen LogP contribution is -2.52. The van der Waals surface area contributed by atoms with Gasteiger partial charge in [0.25, 0.3) is 0 Å². The summed E-state index contributed by atoms with van der Waals surface area (Å²) in [4.78, 5) is 0. The largest absolute Gasteiger partial charge is 0.393 e. The maximum Gasteiger partial charge on any atom is 0.169 e. The standard InChI is InChI=1S/C33H48O5/c1-30(2)19-37-33(38-20-30)15-14-24-23(16-33)10-11-25-27-12-13-28(34)32(27,5)17-26(29(24)25)22-8-6-21(7-9-22)18-36-31(3,4)35/h6-9,23,25-28,34-35H,10-20H2,1-5H3. The molecule has 5 aliphatic rings. The highest BCUT2D eigenvalue weighted by Crippen LogP contribution is 2.65. The summed E-state index contributed by atoms with van der Waals surface area (Å²) in [5.74, 6) is 0.491. The Labute approximate surface area is 228 Å². The van der Waals surface area contributed by atoms with Crippen LogP contribution in [0.2, 0.25) is 0 Å². The fourth-order valence-corrected chi connectivity index (χ4v) is 8.61. The smallest absolute Gasteiger partial charge is 0.169 e. The maximum absolute atomic E-state index is 11.2. The van der Waals surface area contributed by atoms with Gasteiger partial charge in [0.2, 0.25) is 0 Å². The molecule has 1 aromatic carbocycles. The molecule has 1 aliphatic heterocycles. The molecular weight excluding hydrogens is 476 g/mol. The zero-order chi connectivity index (χ0) is 26.9. The van der Waals surface area contributed by atoms with Gasteiger partial charge in [0.15, 0.2) is 11.6 Å². The van der Waals surface area contributed by atoms with Crippen LogP contribution in [-0.2, 0) is 20.8 Å². The number of rotatable bonds is 4. The molecule has 210 valence electrons. The van der Waals surface area contributed by atoms with Gasteiger partial charge >= 0.3 is 0 Å². The van der Waals surface area contributed by atoms with E-state index in [0.29, 0.717) is 30.3 Å². The first kappa shape index (κ1) is 27.0. The van der Waals surface area contributed by atoms with Crippen LogP contribution in [0.15, 0.2) is 35.4 Å². The predicted octanol–water partition coefficient (Wildman–Crippen LogP) is 6.47. The minimum atomic E-state index is -1.14. The SMILES string of the molecule is CC1(C)COC2(CCC3=C4C(c5ccc(COC(C)(C)O)cc5)CC5(C)C(O)CCC5C4CCC3C2)OC1. The van der Waals surface area contributed by atoms with Crippen molar-refractivity contribution in [2.45, 2.75) is 116 Å². The van der Waals surface area contributed by atoms with Crippen LogP contribution in [0.5, 0.6) is 0 Å². The molecule has 38 heavy (non-hydrogen) atoms. The van der Waals surface area contributed by atoms with E-state index < -0.39 is 11.6 Å². The van der Waals surface area contributed by atoms with Gasteiger partial charge in [0.05, 0.1) is 25.9 Å². The normalized spacial score (nSPS) is 38.0. The lowest BCUT2D eigenvalue weighted by molar-refractivity contribution is -0.312. The number of allylic oxidation sites excluding steroid dienone is 2. The molecule has 4 aliphatic carbocycles. The Morgan fingerprint density at radius 3 is 2.37 bits per heavy atom. The number of fused-ring (bicyclic) bond motifs is 4. The van der Waals surface area contributed by atoms with E-state index in [1.165, 1.54) is 18.4 Å². The summed E-state index contributed by atoms with van der Waals surface area (Å²) in [6, 6.07) is 8.85. The third-order valence-corrected chi connectivity index (χ3v) is 10.7. The molecule has 1 aromatic rings. The van der Waals surface area contributed by atoms with Crippen LogP contribution in [-0.4, -0.2) is 41.1 Å². The van der Waals surface area contributed by atoms with Gasteiger partial charge in [-0.1, -0.05) is 56.2 Å². The van der Waals surface area contributed by atoms with Crippen molar-refractivity contribution in [1.82, 2.24) is 0 Å². The third kappa shape index (κ3) is 4.81. The molecule has 6 unspecified atom stereocenters. The van der Waals surface area contributed by atoms with Crippen molar-refractivity contribution in [3.8, 4) is 0 Å². The predicted molar refractivity (Wildman–Crippen MR) is 147 cm³/mol. The molecule has 1 spiro atoms. The first-order valence-corrected chi connectivity index (χ1v) is 15.0. The van der Waals surface area contributed by atoms with E-state index >= 15 is 0 Å².